The van der Waals surface area contributed by atoms with Crippen LogP contribution in [0.2, 0.25) is 0 Å². The van der Waals surface area contributed by atoms with Crippen molar-refractivity contribution < 1.29 is 9.47 Å². The second kappa shape index (κ2) is 8.28. The molecule has 1 aliphatic rings. The predicted molar refractivity (Wildman–Crippen MR) is 82.1 cm³/mol. The monoisotopic (exact) mass is 277 g/mol. The first-order chi connectivity index (χ1) is 9.75. The van der Waals surface area contributed by atoms with Gasteiger partial charge in [-0.05, 0) is 31.4 Å². The van der Waals surface area contributed by atoms with Crippen molar-refractivity contribution in [1.82, 2.24) is 5.32 Å². The molecule has 1 aromatic rings. The van der Waals surface area contributed by atoms with Crippen LogP contribution in [0.25, 0.3) is 0 Å². The van der Waals surface area contributed by atoms with Gasteiger partial charge in [0, 0.05) is 25.1 Å². The van der Waals surface area contributed by atoms with Crippen LogP contribution in [0.5, 0.6) is 5.75 Å². The summed E-state index contributed by atoms with van der Waals surface area (Å²) in [5.41, 5.74) is 1.24. The normalized spacial score (nSPS) is 18.6. The van der Waals surface area contributed by atoms with Crippen molar-refractivity contribution in [2.24, 2.45) is 5.92 Å². The molecule has 0 amide bonds. The van der Waals surface area contributed by atoms with Gasteiger partial charge in [0.05, 0.1) is 12.7 Å². The van der Waals surface area contributed by atoms with Crippen molar-refractivity contribution >= 4 is 0 Å². The lowest BCUT2D eigenvalue weighted by atomic mass is 10.1. The Kier molecular flexibility index (Phi) is 6.34. The van der Waals surface area contributed by atoms with Crippen LogP contribution in [0.3, 0.4) is 0 Å². The lowest BCUT2D eigenvalue weighted by Crippen LogP contribution is -2.19. The highest BCUT2D eigenvalue weighted by Gasteiger charge is 2.15. The van der Waals surface area contributed by atoms with Crippen molar-refractivity contribution in [3.05, 3.63) is 29.8 Å². The van der Waals surface area contributed by atoms with Gasteiger partial charge in [-0.15, -0.1) is 0 Å². The molecule has 0 bridgehead atoms. The molecule has 1 fully saturated rings. The van der Waals surface area contributed by atoms with E-state index in [2.05, 4.69) is 37.4 Å². The fourth-order valence-electron chi connectivity index (χ4n) is 2.46. The number of hydrogen-bond donors (Lipinski definition) is 1. The van der Waals surface area contributed by atoms with Gasteiger partial charge in [-0.1, -0.05) is 32.0 Å². The molecule has 1 aromatic carbocycles. The standard InChI is InChI=1S/C17H27NO2/c1-14(2)12-18-13-15-6-3-4-8-17(15)20-11-9-16-7-5-10-19-16/h3-4,6,8,14,16,18H,5,7,9-13H2,1-2H3. The molecule has 20 heavy (non-hydrogen) atoms. The van der Waals surface area contributed by atoms with Crippen LogP contribution in [0.1, 0.15) is 38.7 Å². The molecule has 0 aromatic heterocycles. The molecular formula is C17H27NO2. The minimum atomic E-state index is 0.404. The van der Waals surface area contributed by atoms with Gasteiger partial charge in [0.1, 0.15) is 5.75 Å². The first-order valence-electron chi connectivity index (χ1n) is 7.78. The topological polar surface area (TPSA) is 30.5 Å². The first-order valence-corrected chi connectivity index (χ1v) is 7.78. The molecule has 1 atom stereocenters. The second-order valence-corrected chi connectivity index (χ2v) is 5.90. The Morgan fingerprint density at radius 3 is 2.95 bits per heavy atom. The number of nitrogens with one attached hydrogen (secondary N) is 1. The Bertz CT molecular complexity index is 386. The maximum atomic E-state index is 5.94. The third kappa shape index (κ3) is 5.14. The van der Waals surface area contributed by atoms with E-state index in [9.17, 15) is 0 Å². The van der Waals surface area contributed by atoms with Gasteiger partial charge >= 0.3 is 0 Å². The fraction of sp³-hybridized carbons (Fsp3) is 0.647. The summed E-state index contributed by atoms with van der Waals surface area (Å²) in [4.78, 5) is 0. The van der Waals surface area contributed by atoms with Crippen molar-refractivity contribution in [3.63, 3.8) is 0 Å². The van der Waals surface area contributed by atoms with E-state index < -0.39 is 0 Å². The average molecular weight is 277 g/mol. The van der Waals surface area contributed by atoms with Gasteiger partial charge in [-0.25, -0.2) is 0 Å². The van der Waals surface area contributed by atoms with Gasteiger partial charge in [0.25, 0.3) is 0 Å². The average Bonchev–Trinajstić information content (AvgIpc) is 2.93. The van der Waals surface area contributed by atoms with E-state index in [4.69, 9.17) is 9.47 Å². The quantitative estimate of drug-likeness (QED) is 0.790. The van der Waals surface area contributed by atoms with Crippen LogP contribution in [0, 0.1) is 5.92 Å². The van der Waals surface area contributed by atoms with Crippen LogP contribution < -0.4 is 10.1 Å². The Hall–Kier alpha value is -1.06. The Labute approximate surface area is 122 Å². The summed E-state index contributed by atoms with van der Waals surface area (Å²) < 4.78 is 11.6. The minimum absolute atomic E-state index is 0.404. The summed E-state index contributed by atoms with van der Waals surface area (Å²) in [7, 11) is 0. The zero-order valence-corrected chi connectivity index (χ0v) is 12.7. The molecular weight excluding hydrogens is 250 g/mol. The van der Waals surface area contributed by atoms with E-state index in [0.717, 1.165) is 38.5 Å². The minimum Gasteiger partial charge on any atom is -0.493 e. The van der Waals surface area contributed by atoms with Gasteiger partial charge in [0.15, 0.2) is 0 Å². The van der Waals surface area contributed by atoms with E-state index in [0.29, 0.717) is 12.0 Å². The van der Waals surface area contributed by atoms with Crippen LogP contribution in [-0.2, 0) is 11.3 Å². The Balaban J connectivity index is 1.77. The molecule has 3 nitrogen and oxygen atoms in total. The summed E-state index contributed by atoms with van der Waals surface area (Å²) in [5.74, 6) is 1.67. The van der Waals surface area contributed by atoms with Gasteiger partial charge in [0.2, 0.25) is 0 Å². The first kappa shape index (κ1) is 15.3. The van der Waals surface area contributed by atoms with Gasteiger partial charge in [-0.2, -0.15) is 0 Å². The van der Waals surface area contributed by atoms with E-state index in [1.165, 1.54) is 18.4 Å². The van der Waals surface area contributed by atoms with Crippen molar-refractivity contribution in [3.8, 4) is 5.75 Å². The lowest BCUT2D eigenvalue weighted by Gasteiger charge is -2.14. The molecule has 1 saturated heterocycles. The third-order valence-corrected chi connectivity index (χ3v) is 3.56. The van der Waals surface area contributed by atoms with Crippen LogP contribution in [-0.4, -0.2) is 25.9 Å². The molecule has 0 aliphatic carbocycles. The predicted octanol–water partition coefficient (Wildman–Crippen LogP) is 3.38. The zero-order chi connectivity index (χ0) is 14.2. The number of rotatable bonds is 8. The molecule has 1 unspecified atom stereocenters. The Morgan fingerprint density at radius 2 is 2.20 bits per heavy atom. The summed E-state index contributed by atoms with van der Waals surface area (Å²) >= 11 is 0. The SMILES string of the molecule is CC(C)CNCc1ccccc1OCCC1CCCO1. The highest BCUT2D eigenvalue weighted by Crippen LogP contribution is 2.20. The highest BCUT2D eigenvalue weighted by atomic mass is 16.5. The van der Waals surface area contributed by atoms with Crippen molar-refractivity contribution in [2.75, 3.05) is 19.8 Å². The summed E-state index contributed by atoms with van der Waals surface area (Å²) in [5, 5.41) is 3.47. The molecule has 1 aliphatic heterocycles. The number of benzene rings is 1. The van der Waals surface area contributed by atoms with Gasteiger partial charge < -0.3 is 14.8 Å². The molecule has 3 heteroatoms. The molecule has 0 spiro atoms. The maximum Gasteiger partial charge on any atom is 0.123 e. The third-order valence-electron chi connectivity index (χ3n) is 3.56. The second-order valence-electron chi connectivity index (χ2n) is 5.90. The molecule has 2 rings (SSSR count). The van der Waals surface area contributed by atoms with E-state index in [1.807, 2.05) is 6.07 Å². The van der Waals surface area contributed by atoms with Crippen molar-refractivity contribution in [1.29, 1.82) is 0 Å². The zero-order valence-electron chi connectivity index (χ0n) is 12.7. The molecule has 0 radical (unpaired) electrons. The van der Waals surface area contributed by atoms with Crippen molar-refractivity contribution in [2.45, 2.75) is 45.8 Å². The molecule has 112 valence electrons. The van der Waals surface area contributed by atoms with Crippen LogP contribution >= 0.6 is 0 Å². The molecule has 0 saturated carbocycles. The molecule has 1 N–H and O–H groups in total. The Morgan fingerprint density at radius 1 is 1.35 bits per heavy atom. The summed E-state index contributed by atoms with van der Waals surface area (Å²) in [6.45, 7) is 8.00. The fourth-order valence-corrected chi connectivity index (χ4v) is 2.46. The number of hydrogen-bond acceptors (Lipinski definition) is 3. The summed E-state index contributed by atoms with van der Waals surface area (Å²) in [6.07, 6.45) is 3.77. The largest absolute Gasteiger partial charge is 0.493 e. The van der Waals surface area contributed by atoms with E-state index >= 15 is 0 Å². The maximum absolute atomic E-state index is 5.94. The summed E-state index contributed by atoms with van der Waals surface area (Å²) in [6, 6.07) is 8.29. The molecule has 1 heterocycles. The number of para-hydroxylation sites is 1. The lowest BCUT2D eigenvalue weighted by molar-refractivity contribution is 0.0902. The van der Waals surface area contributed by atoms with E-state index in [1.54, 1.807) is 0 Å². The number of ether oxygens (including phenoxy) is 2. The van der Waals surface area contributed by atoms with Crippen LogP contribution in [0.15, 0.2) is 24.3 Å². The van der Waals surface area contributed by atoms with Crippen LogP contribution in [0.4, 0.5) is 0 Å². The van der Waals surface area contributed by atoms with E-state index in [-0.39, 0.29) is 0 Å². The van der Waals surface area contributed by atoms with Gasteiger partial charge in [-0.3, -0.25) is 0 Å². The highest BCUT2D eigenvalue weighted by molar-refractivity contribution is 5.33. The smallest absolute Gasteiger partial charge is 0.123 e.